The van der Waals surface area contributed by atoms with Gasteiger partial charge < -0.3 is 9.47 Å². The van der Waals surface area contributed by atoms with Crippen molar-refractivity contribution in [1.82, 2.24) is 14.4 Å². The zero-order chi connectivity index (χ0) is 14.2. The average Bonchev–Trinajstić information content (AvgIpc) is 3.02. The van der Waals surface area contributed by atoms with Gasteiger partial charge in [0.15, 0.2) is 16.7 Å². The smallest absolute Gasteiger partial charge is 0.174 e. The van der Waals surface area contributed by atoms with Crippen LogP contribution in [0.1, 0.15) is 0 Å². The van der Waals surface area contributed by atoms with Crippen LogP contribution in [-0.4, -0.2) is 33.8 Å². The molecule has 1 aliphatic rings. The van der Waals surface area contributed by atoms with Crippen molar-refractivity contribution in [2.45, 2.75) is 5.16 Å². The largest absolute Gasteiger partial charge is 0.486 e. The summed E-state index contributed by atoms with van der Waals surface area (Å²) in [4.78, 5) is 9.05. The summed E-state index contributed by atoms with van der Waals surface area (Å²) in [5.74, 6) is 1.56. The van der Waals surface area contributed by atoms with Crippen LogP contribution in [0.4, 0.5) is 0 Å². The highest BCUT2D eigenvalue weighted by Gasteiger charge is 2.14. The summed E-state index contributed by atoms with van der Waals surface area (Å²) < 4.78 is 13.2. The summed E-state index contributed by atoms with van der Waals surface area (Å²) in [6.45, 7) is 1.18. The Morgan fingerprint density at radius 1 is 1.14 bits per heavy atom. The van der Waals surface area contributed by atoms with E-state index in [9.17, 15) is 0 Å². The SMILES string of the molecule is CSc1nc(-c2ccc3c(c2)OCCO3)cc2nccn12. The molecular formula is C15H13N3O2S. The second-order valence-electron chi connectivity index (χ2n) is 4.64. The minimum atomic E-state index is 0.583. The first-order valence-electron chi connectivity index (χ1n) is 6.63. The monoisotopic (exact) mass is 299 g/mol. The third kappa shape index (κ3) is 2.12. The summed E-state index contributed by atoms with van der Waals surface area (Å²) in [5, 5.41) is 0.912. The molecule has 0 saturated heterocycles. The predicted molar refractivity (Wildman–Crippen MR) is 81.2 cm³/mol. The Hall–Kier alpha value is -2.21. The predicted octanol–water partition coefficient (Wildman–Crippen LogP) is 2.89. The third-order valence-electron chi connectivity index (χ3n) is 3.38. The molecular weight excluding hydrogens is 286 g/mol. The van der Waals surface area contributed by atoms with E-state index in [0.29, 0.717) is 13.2 Å². The molecule has 2 aromatic heterocycles. The van der Waals surface area contributed by atoms with E-state index in [0.717, 1.165) is 33.6 Å². The normalized spacial score (nSPS) is 13.6. The average molecular weight is 299 g/mol. The highest BCUT2D eigenvalue weighted by Crippen LogP contribution is 2.34. The van der Waals surface area contributed by atoms with Crippen molar-refractivity contribution in [3.63, 3.8) is 0 Å². The number of imidazole rings is 1. The maximum absolute atomic E-state index is 5.64. The van der Waals surface area contributed by atoms with Gasteiger partial charge in [0.2, 0.25) is 0 Å². The van der Waals surface area contributed by atoms with E-state index in [2.05, 4.69) is 4.98 Å². The molecule has 3 aromatic rings. The minimum absolute atomic E-state index is 0.583. The van der Waals surface area contributed by atoms with Gasteiger partial charge in [-0.2, -0.15) is 0 Å². The molecule has 0 N–H and O–H groups in total. The van der Waals surface area contributed by atoms with Crippen LogP contribution < -0.4 is 9.47 Å². The number of nitrogens with zero attached hydrogens (tertiary/aromatic N) is 3. The molecule has 0 radical (unpaired) electrons. The fraction of sp³-hybridized carbons (Fsp3) is 0.200. The fourth-order valence-electron chi connectivity index (χ4n) is 2.39. The van der Waals surface area contributed by atoms with Crippen molar-refractivity contribution >= 4 is 17.4 Å². The van der Waals surface area contributed by atoms with Gasteiger partial charge in [0.05, 0.1) is 5.69 Å². The number of aromatic nitrogens is 3. The molecule has 5 nitrogen and oxygen atoms in total. The third-order valence-corrected chi connectivity index (χ3v) is 4.03. The molecule has 1 aromatic carbocycles. The fourth-order valence-corrected chi connectivity index (χ4v) is 2.93. The number of rotatable bonds is 2. The van der Waals surface area contributed by atoms with Crippen molar-refractivity contribution in [2.24, 2.45) is 0 Å². The first-order chi connectivity index (χ1) is 10.3. The standard InChI is InChI=1S/C15H13N3O2S/c1-21-15-17-11(9-14-16-4-5-18(14)15)10-2-3-12-13(8-10)20-7-6-19-12/h2-5,8-9H,6-7H2,1H3. The van der Waals surface area contributed by atoms with Crippen molar-refractivity contribution in [3.8, 4) is 22.8 Å². The Kier molecular flexibility index (Phi) is 2.96. The highest BCUT2D eigenvalue weighted by molar-refractivity contribution is 7.98. The van der Waals surface area contributed by atoms with E-state index in [1.54, 1.807) is 18.0 Å². The zero-order valence-corrected chi connectivity index (χ0v) is 12.3. The molecule has 0 fully saturated rings. The van der Waals surface area contributed by atoms with Crippen molar-refractivity contribution in [3.05, 3.63) is 36.7 Å². The van der Waals surface area contributed by atoms with E-state index < -0.39 is 0 Å². The lowest BCUT2D eigenvalue weighted by molar-refractivity contribution is 0.171. The van der Waals surface area contributed by atoms with Gasteiger partial charge in [0.1, 0.15) is 18.9 Å². The van der Waals surface area contributed by atoms with E-state index in [1.807, 2.05) is 41.1 Å². The van der Waals surface area contributed by atoms with Gasteiger partial charge in [-0.25, -0.2) is 9.97 Å². The molecule has 6 heteroatoms. The molecule has 0 amide bonds. The van der Waals surface area contributed by atoms with Gasteiger partial charge in [-0.15, -0.1) is 0 Å². The van der Waals surface area contributed by atoms with Crippen LogP contribution in [0.25, 0.3) is 16.9 Å². The van der Waals surface area contributed by atoms with Crippen LogP contribution in [0.2, 0.25) is 0 Å². The molecule has 21 heavy (non-hydrogen) atoms. The molecule has 1 aliphatic heterocycles. The molecule has 0 spiro atoms. The molecule has 0 bridgehead atoms. The Labute approximate surface area is 125 Å². The highest BCUT2D eigenvalue weighted by atomic mass is 32.2. The lowest BCUT2D eigenvalue weighted by Gasteiger charge is -2.18. The minimum Gasteiger partial charge on any atom is -0.486 e. The zero-order valence-electron chi connectivity index (χ0n) is 11.4. The summed E-state index contributed by atoms with van der Waals surface area (Å²) >= 11 is 1.60. The van der Waals surface area contributed by atoms with Crippen LogP contribution in [0.5, 0.6) is 11.5 Å². The molecule has 4 rings (SSSR count). The quantitative estimate of drug-likeness (QED) is 0.538. The van der Waals surface area contributed by atoms with E-state index in [-0.39, 0.29) is 0 Å². The van der Waals surface area contributed by atoms with Crippen molar-refractivity contribution < 1.29 is 9.47 Å². The van der Waals surface area contributed by atoms with Gasteiger partial charge in [-0.05, 0) is 24.5 Å². The van der Waals surface area contributed by atoms with Crippen molar-refractivity contribution in [1.29, 1.82) is 0 Å². The summed E-state index contributed by atoms with van der Waals surface area (Å²) in [5.41, 5.74) is 2.77. The molecule has 3 heterocycles. The maximum atomic E-state index is 5.64. The number of fused-ring (bicyclic) bond motifs is 2. The Morgan fingerprint density at radius 2 is 2.00 bits per heavy atom. The Balaban J connectivity index is 1.85. The second kappa shape index (κ2) is 4.96. The van der Waals surface area contributed by atoms with E-state index in [4.69, 9.17) is 14.5 Å². The Bertz CT molecular complexity index is 816. The van der Waals surface area contributed by atoms with Gasteiger partial charge in [0.25, 0.3) is 0 Å². The number of thioether (sulfide) groups is 1. The summed E-state index contributed by atoms with van der Waals surface area (Å²) in [6.07, 6.45) is 5.71. The topological polar surface area (TPSA) is 48.7 Å². The molecule has 0 aliphatic carbocycles. The van der Waals surface area contributed by atoms with Crippen LogP contribution in [0.3, 0.4) is 0 Å². The molecule has 0 saturated carbocycles. The molecule has 106 valence electrons. The first kappa shape index (κ1) is 12.5. The van der Waals surface area contributed by atoms with Crippen LogP contribution in [-0.2, 0) is 0 Å². The summed E-state index contributed by atoms with van der Waals surface area (Å²) in [7, 11) is 0. The van der Waals surface area contributed by atoms with Gasteiger partial charge in [-0.1, -0.05) is 11.8 Å². The number of hydrogen-bond acceptors (Lipinski definition) is 5. The molecule has 0 atom stereocenters. The number of ether oxygens (including phenoxy) is 2. The first-order valence-corrected chi connectivity index (χ1v) is 7.86. The van der Waals surface area contributed by atoms with Gasteiger partial charge >= 0.3 is 0 Å². The van der Waals surface area contributed by atoms with Crippen molar-refractivity contribution in [2.75, 3.05) is 19.5 Å². The summed E-state index contributed by atoms with van der Waals surface area (Å²) in [6, 6.07) is 7.88. The van der Waals surface area contributed by atoms with Gasteiger partial charge in [0, 0.05) is 24.0 Å². The number of hydrogen-bond donors (Lipinski definition) is 0. The van der Waals surface area contributed by atoms with Crippen LogP contribution in [0, 0.1) is 0 Å². The molecule has 0 unspecified atom stereocenters. The lowest BCUT2D eigenvalue weighted by atomic mass is 10.1. The van der Waals surface area contributed by atoms with Crippen LogP contribution >= 0.6 is 11.8 Å². The maximum Gasteiger partial charge on any atom is 0.174 e. The Morgan fingerprint density at radius 3 is 2.86 bits per heavy atom. The van der Waals surface area contributed by atoms with Gasteiger partial charge in [-0.3, -0.25) is 4.40 Å². The lowest BCUT2D eigenvalue weighted by Crippen LogP contribution is -2.15. The van der Waals surface area contributed by atoms with E-state index >= 15 is 0 Å². The van der Waals surface area contributed by atoms with Crippen LogP contribution in [0.15, 0.2) is 41.8 Å². The number of benzene rings is 1. The second-order valence-corrected chi connectivity index (χ2v) is 5.42. The van der Waals surface area contributed by atoms with E-state index in [1.165, 1.54) is 0 Å².